The number of aryl methyl sites for hydroxylation is 1. The van der Waals surface area contributed by atoms with Gasteiger partial charge >= 0.3 is 0 Å². The van der Waals surface area contributed by atoms with Gasteiger partial charge in [0, 0.05) is 31.6 Å². The third-order valence-electron chi connectivity index (χ3n) is 5.07. The normalized spacial score (nSPS) is 23.1. The summed E-state index contributed by atoms with van der Waals surface area (Å²) in [5, 5.41) is 3.10. The van der Waals surface area contributed by atoms with Gasteiger partial charge in [-0.15, -0.1) is 0 Å². The van der Waals surface area contributed by atoms with Crippen LogP contribution in [0.15, 0.2) is 18.2 Å². The molecule has 3 rings (SSSR count). The van der Waals surface area contributed by atoms with Crippen LogP contribution in [0, 0.1) is 0 Å². The Labute approximate surface area is 155 Å². The van der Waals surface area contributed by atoms with E-state index in [1.165, 1.54) is 0 Å². The second-order valence-corrected chi connectivity index (χ2v) is 7.94. The Balaban J connectivity index is 1.46. The molecule has 0 spiro atoms. The molecule has 1 amide bonds. The highest BCUT2D eigenvalue weighted by molar-refractivity contribution is 5.76. The highest BCUT2D eigenvalue weighted by atomic mass is 16.7. The van der Waals surface area contributed by atoms with Gasteiger partial charge in [-0.25, -0.2) is 0 Å². The van der Waals surface area contributed by atoms with Crippen LogP contribution in [0.1, 0.15) is 39.7 Å². The van der Waals surface area contributed by atoms with E-state index in [1.54, 1.807) is 0 Å². The van der Waals surface area contributed by atoms with Crippen molar-refractivity contribution >= 4 is 5.91 Å². The number of carbonyl (C=O) groups is 1. The number of fused-ring (bicyclic) bond motifs is 1. The summed E-state index contributed by atoms with van der Waals surface area (Å²) in [5.74, 6) is 1.61. The van der Waals surface area contributed by atoms with Gasteiger partial charge in [0.25, 0.3) is 0 Å². The maximum Gasteiger partial charge on any atom is 0.231 e. The van der Waals surface area contributed by atoms with Gasteiger partial charge in [-0.3, -0.25) is 9.69 Å². The molecule has 0 saturated carbocycles. The van der Waals surface area contributed by atoms with E-state index in [0.29, 0.717) is 19.4 Å². The fourth-order valence-corrected chi connectivity index (χ4v) is 3.54. The van der Waals surface area contributed by atoms with Crippen molar-refractivity contribution < 1.29 is 19.0 Å². The summed E-state index contributed by atoms with van der Waals surface area (Å²) in [4.78, 5) is 14.7. The maximum absolute atomic E-state index is 12.3. The van der Waals surface area contributed by atoms with Crippen LogP contribution in [0.4, 0.5) is 0 Å². The largest absolute Gasteiger partial charge is 0.454 e. The summed E-state index contributed by atoms with van der Waals surface area (Å²) < 4.78 is 16.5. The fraction of sp³-hybridized carbons (Fsp3) is 0.650. The lowest BCUT2D eigenvalue weighted by Gasteiger charge is -2.45. The molecule has 0 radical (unpaired) electrons. The molecule has 144 valence electrons. The number of hydrogen-bond acceptors (Lipinski definition) is 5. The van der Waals surface area contributed by atoms with E-state index in [9.17, 15) is 4.79 Å². The monoisotopic (exact) mass is 362 g/mol. The second kappa shape index (κ2) is 7.84. The number of morpholine rings is 1. The van der Waals surface area contributed by atoms with Gasteiger partial charge in [0.2, 0.25) is 12.7 Å². The van der Waals surface area contributed by atoms with Gasteiger partial charge in [0.1, 0.15) is 0 Å². The topological polar surface area (TPSA) is 60.0 Å². The molecule has 1 aromatic carbocycles. The van der Waals surface area contributed by atoms with Gasteiger partial charge in [0.15, 0.2) is 11.5 Å². The molecule has 0 bridgehead atoms. The Bertz CT molecular complexity index is 637. The molecule has 26 heavy (non-hydrogen) atoms. The van der Waals surface area contributed by atoms with E-state index in [1.807, 2.05) is 18.2 Å². The maximum atomic E-state index is 12.3. The molecule has 1 fully saturated rings. The van der Waals surface area contributed by atoms with Gasteiger partial charge in [-0.2, -0.15) is 0 Å². The third-order valence-corrected chi connectivity index (χ3v) is 5.07. The van der Waals surface area contributed by atoms with Crippen molar-refractivity contribution in [2.45, 2.75) is 58.3 Å². The van der Waals surface area contributed by atoms with Gasteiger partial charge in [0.05, 0.1) is 12.2 Å². The van der Waals surface area contributed by atoms with Crippen molar-refractivity contribution in [3.8, 4) is 11.5 Å². The molecule has 2 aliphatic heterocycles. The third kappa shape index (κ3) is 4.68. The van der Waals surface area contributed by atoms with Crippen LogP contribution >= 0.6 is 0 Å². The summed E-state index contributed by atoms with van der Waals surface area (Å²) in [7, 11) is 0. The van der Waals surface area contributed by atoms with Crippen LogP contribution in [0.5, 0.6) is 11.5 Å². The van der Waals surface area contributed by atoms with Crippen molar-refractivity contribution in [2.24, 2.45) is 0 Å². The van der Waals surface area contributed by atoms with Crippen LogP contribution in [0.25, 0.3) is 0 Å². The molecule has 6 heteroatoms. The SMILES string of the molecule is C[C@H]1CN(C(C)(C)CNC(=O)CCc2ccc3c(c2)OCO3)C[C@H](C)O1. The van der Waals surface area contributed by atoms with Gasteiger partial charge < -0.3 is 19.5 Å². The number of amides is 1. The molecule has 1 aromatic rings. The average Bonchev–Trinajstić information content (AvgIpc) is 3.05. The first-order valence-electron chi connectivity index (χ1n) is 9.39. The van der Waals surface area contributed by atoms with Crippen LogP contribution in [0.2, 0.25) is 0 Å². The Morgan fingerprint density at radius 3 is 2.62 bits per heavy atom. The molecule has 6 nitrogen and oxygen atoms in total. The minimum atomic E-state index is -0.0965. The lowest BCUT2D eigenvalue weighted by atomic mass is 10.00. The van der Waals surface area contributed by atoms with E-state index >= 15 is 0 Å². The first-order chi connectivity index (χ1) is 12.3. The molecule has 0 aromatic heterocycles. The summed E-state index contributed by atoms with van der Waals surface area (Å²) in [6.45, 7) is 11.2. The molecule has 2 aliphatic rings. The Hall–Kier alpha value is -1.79. The molecule has 2 atom stereocenters. The van der Waals surface area contributed by atoms with Crippen LogP contribution in [-0.4, -0.2) is 55.0 Å². The number of nitrogens with zero attached hydrogens (tertiary/aromatic N) is 1. The molecule has 1 N–H and O–H groups in total. The van der Waals surface area contributed by atoms with Gasteiger partial charge in [-0.05, 0) is 51.8 Å². The van der Waals surface area contributed by atoms with Crippen LogP contribution in [-0.2, 0) is 16.0 Å². The number of carbonyl (C=O) groups excluding carboxylic acids is 1. The highest BCUT2D eigenvalue weighted by Gasteiger charge is 2.33. The first-order valence-corrected chi connectivity index (χ1v) is 9.39. The summed E-state index contributed by atoms with van der Waals surface area (Å²) >= 11 is 0. The zero-order valence-electron chi connectivity index (χ0n) is 16.2. The zero-order chi connectivity index (χ0) is 18.7. The molecular weight excluding hydrogens is 332 g/mol. The van der Waals surface area contributed by atoms with Crippen molar-refractivity contribution in [3.63, 3.8) is 0 Å². The van der Waals surface area contributed by atoms with E-state index in [4.69, 9.17) is 14.2 Å². The van der Waals surface area contributed by atoms with E-state index < -0.39 is 0 Å². The smallest absolute Gasteiger partial charge is 0.231 e. The Kier molecular flexibility index (Phi) is 5.73. The van der Waals surface area contributed by atoms with Crippen LogP contribution in [0.3, 0.4) is 0 Å². The predicted octanol–water partition coefficient (Wildman–Crippen LogP) is 2.35. The molecular formula is C20H30N2O4. The van der Waals surface area contributed by atoms with E-state index in [2.05, 4.69) is 37.9 Å². The highest BCUT2D eigenvalue weighted by Crippen LogP contribution is 2.32. The van der Waals surface area contributed by atoms with E-state index in [-0.39, 0.29) is 30.4 Å². The first kappa shape index (κ1) is 19.0. The lowest BCUT2D eigenvalue weighted by Crippen LogP contribution is -2.58. The number of rotatable bonds is 6. The van der Waals surface area contributed by atoms with Crippen LogP contribution < -0.4 is 14.8 Å². The summed E-state index contributed by atoms with van der Waals surface area (Å²) in [6, 6.07) is 5.84. The van der Waals surface area contributed by atoms with Crippen molar-refractivity contribution in [1.82, 2.24) is 10.2 Å². The number of benzene rings is 1. The summed E-state index contributed by atoms with van der Waals surface area (Å²) in [5.41, 5.74) is 0.986. The fourth-order valence-electron chi connectivity index (χ4n) is 3.54. The Morgan fingerprint density at radius 2 is 1.88 bits per heavy atom. The quantitative estimate of drug-likeness (QED) is 0.842. The van der Waals surface area contributed by atoms with Gasteiger partial charge in [-0.1, -0.05) is 6.07 Å². The zero-order valence-corrected chi connectivity index (χ0v) is 16.2. The minimum Gasteiger partial charge on any atom is -0.454 e. The van der Waals surface area contributed by atoms with Crippen molar-refractivity contribution in [3.05, 3.63) is 23.8 Å². The van der Waals surface area contributed by atoms with E-state index in [0.717, 1.165) is 30.2 Å². The standard InChI is InChI=1S/C20H30N2O4/c1-14-10-22(11-15(2)26-14)20(3,4)12-21-19(23)8-6-16-5-7-17-18(9-16)25-13-24-17/h5,7,9,14-15H,6,8,10-13H2,1-4H3,(H,21,23)/t14-,15-/m0/s1. The lowest BCUT2D eigenvalue weighted by molar-refractivity contribution is -0.122. The van der Waals surface area contributed by atoms with Crippen molar-refractivity contribution in [2.75, 3.05) is 26.4 Å². The molecule has 0 aliphatic carbocycles. The average molecular weight is 362 g/mol. The number of hydrogen-bond donors (Lipinski definition) is 1. The predicted molar refractivity (Wildman–Crippen MR) is 99.6 cm³/mol. The number of nitrogens with one attached hydrogen (secondary N) is 1. The Morgan fingerprint density at radius 1 is 1.19 bits per heavy atom. The second-order valence-electron chi connectivity index (χ2n) is 7.94. The number of ether oxygens (including phenoxy) is 3. The van der Waals surface area contributed by atoms with Crippen molar-refractivity contribution in [1.29, 1.82) is 0 Å². The minimum absolute atomic E-state index is 0.0742. The molecule has 1 saturated heterocycles. The summed E-state index contributed by atoms with van der Waals surface area (Å²) in [6.07, 6.45) is 1.60. The molecule has 0 unspecified atom stereocenters. The molecule has 2 heterocycles.